The molecule has 0 aromatic carbocycles. The van der Waals surface area contributed by atoms with E-state index >= 15 is 0 Å². The van der Waals surface area contributed by atoms with Gasteiger partial charge in [0.1, 0.15) is 0 Å². The molecule has 2 aromatic heterocycles. The highest BCUT2D eigenvalue weighted by Gasteiger charge is 2.09. The van der Waals surface area contributed by atoms with E-state index in [1.165, 1.54) is 0 Å². The Morgan fingerprint density at radius 3 is 2.50 bits per heavy atom. The molecule has 82 valence electrons. The number of aryl methyl sites for hydroxylation is 2. The second-order valence-electron chi connectivity index (χ2n) is 3.52. The van der Waals surface area contributed by atoms with Crippen molar-refractivity contribution in [1.82, 2.24) is 15.0 Å². The number of nitrogens with two attached hydrogens (primary N) is 1. The standard InChI is InChI=1S/C11H11FN4/c1-6-3-4-8(5-14-6)11-15-7(2)9(12)10(13)16-11/h3-5H,1-2H3,(H2,13,15,16). The fraction of sp³-hybridized carbons (Fsp3) is 0.182. The molecule has 0 amide bonds. The van der Waals surface area contributed by atoms with Crippen LogP contribution in [0.1, 0.15) is 11.4 Å². The monoisotopic (exact) mass is 218 g/mol. The van der Waals surface area contributed by atoms with Crippen LogP contribution in [0, 0.1) is 19.7 Å². The van der Waals surface area contributed by atoms with Gasteiger partial charge in [0.25, 0.3) is 0 Å². The number of anilines is 1. The maximum absolute atomic E-state index is 13.2. The zero-order valence-electron chi connectivity index (χ0n) is 9.03. The molecule has 2 heterocycles. The van der Waals surface area contributed by atoms with Gasteiger partial charge in [0.15, 0.2) is 17.5 Å². The number of rotatable bonds is 1. The molecule has 0 unspecified atom stereocenters. The molecule has 2 N–H and O–H groups in total. The van der Waals surface area contributed by atoms with E-state index in [4.69, 9.17) is 5.73 Å². The molecule has 5 heteroatoms. The van der Waals surface area contributed by atoms with Crippen molar-refractivity contribution < 1.29 is 4.39 Å². The Morgan fingerprint density at radius 2 is 1.94 bits per heavy atom. The summed E-state index contributed by atoms with van der Waals surface area (Å²) in [7, 11) is 0. The van der Waals surface area contributed by atoms with Crippen LogP contribution in [0.5, 0.6) is 0 Å². The average molecular weight is 218 g/mol. The highest BCUT2D eigenvalue weighted by molar-refractivity contribution is 5.56. The van der Waals surface area contributed by atoms with Crippen molar-refractivity contribution in [2.75, 3.05) is 5.73 Å². The van der Waals surface area contributed by atoms with Crippen LogP contribution in [-0.4, -0.2) is 15.0 Å². The number of aromatic nitrogens is 3. The zero-order chi connectivity index (χ0) is 11.7. The molecule has 0 aliphatic carbocycles. The molecular weight excluding hydrogens is 207 g/mol. The predicted molar refractivity (Wildman–Crippen MR) is 59.1 cm³/mol. The third-order valence-electron chi connectivity index (χ3n) is 2.21. The molecule has 16 heavy (non-hydrogen) atoms. The lowest BCUT2D eigenvalue weighted by molar-refractivity contribution is 0.608. The SMILES string of the molecule is Cc1ccc(-c2nc(C)c(F)c(N)n2)cn1. The van der Waals surface area contributed by atoms with Crippen molar-refractivity contribution in [3.8, 4) is 11.4 Å². The number of hydrogen-bond donors (Lipinski definition) is 1. The van der Waals surface area contributed by atoms with E-state index in [1.54, 1.807) is 13.1 Å². The van der Waals surface area contributed by atoms with E-state index in [-0.39, 0.29) is 11.5 Å². The number of halogens is 1. The Labute approximate surface area is 92.4 Å². The number of pyridine rings is 1. The van der Waals surface area contributed by atoms with Gasteiger partial charge in [-0.15, -0.1) is 0 Å². The Hall–Kier alpha value is -2.04. The van der Waals surface area contributed by atoms with E-state index in [2.05, 4.69) is 15.0 Å². The second-order valence-corrected chi connectivity index (χ2v) is 3.52. The van der Waals surface area contributed by atoms with Gasteiger partial charge in [-0.2, -0.15) is 0 Å². The molecule has 0 spiro atoms. The van der Waals surface area contributed by atoms with Crippen molar-refractivity contribution in [3.63, 3.8) is 0 Å². The molecule has 0 atom stereocenters. The number of nitrogens with zero attached hydrogens (tertiary/aromatic N) is 3. The number of nitrogen functional groups attached to an aromatic ring is 1. The van der Waals surface area contributed by atoms with Gasteiger partial charge in [0.2, 0.25) is 0 Å². The fourth-order valence-electron chi connectivity index (χ4n) is 1.31. The van der Waals surface area contributed by atoms with E-state index < -0.39 is 5.82 Å². The Morgan fingerprint density at radius 1 is 1.19 bits per heavy atom. The number of hydrogen-bond acceptors (Lipinski definition) is 4. The molecule has 0 aliphatic rings. The highest BCUT2D eigenvalue weighted by atomic mass is 19.1. The third-order valence-corrected chi connectivity index (χ3v) is 2.21. The van der Waals surface area contributed by atoms with Crippen LogP contribution in [0.25, 0.3) is 11.4 Å². The first-order valence-electron chi connectivity index (χ1n) is 4.80. The van der Waals surface area contributed by atoms with Crippen LogP contribution in [0.4, 0.5) is 10.2 Å². The quantitative estimate of drug-likeness (QED) is 0.793. The first kappa shape index (κ1) is 10.5. The van der Waals surface area contributed by atoms with Crippen molar-refractivity contribution in [1.29, 1.82) is 0 Å². The lowest BCUT2D eigenvalue weighted by Gasteiger charge is -2.04. The summed E-state index contributed by atoms with van der Waals surface area (Å²) in [5.41, 5.74) is 7.30. The van der Waals surface area contributed by atoms with Crippen molar-refractivity contribution in [2.45, 2.75) is 13.8 Å². The Balaban J connectivity index is 2.52. The van der Waals surface area contributed by atoms with Crippen LogP contribution < -0.4 is 5.73 Å². The summed E-state index contributed by atoms with van der Waals surface area (Å²) in [6.45, 7) is 3.44. The Bertz CT molecular complexity index is 499. The minimum atomic E-state index is -0.566. The molecule has 4 nitrogen and oxygen atoms in total. The van der Waals surface area contributed by atoms with Crippen LogP contribution in [0.2, 0.25) is 0 Å². The summed E-state index contributed by atoms with van der Waals surface area (Å²) in [6, 6.07) is 3.67. The average Bonchev–Trinajstić information content (AvgIpc) is 2.26. The highest BCUT2D eigenvalue weighted by Crippen LogP contribution is 2.18. The predicted octanol–water partition coefficient (Wildman–Crippen LogP) is 1.88. The first-order chi connectivity index (χ1) is 7.58. The van der Waals surface area contributed by atoms with E-state index in [0.717, 1.165) is 11.3 Å². The maximum atomic E-state index is 13.2. The van der Waals surface area contributed by atoms with Crippen molar-refractivity contribution >= 4 is 5.82 Å². The van der Waals surface area contributed by atoms with Crippen molar-refractivity contribution in [2.24, 2.45) is 0 Å². The van der Waals surface area contributed by atoms with Gasteiger partial charge in [0.05, 0.1) is 5.69 Å². The van der Waals surface area contributed by atoms with Crippen LogP contribution >= 0.6 is 0 Å². The summed E-state index contributed by atoms with van der Waals surface area (Å²) in [5, 5.41) is 0. The summed E-state index contributed by atoms with van der Waals surface area (Å²) < 4.78 is 13.2. The summed E-state index contributed by atoms with van der Waals surface area (Å²) in [6.07, 6.45) is 1.64. The molecular formula is C11H11FN4. The van der Waals surface area contributed by atoms with Gasteiger partial charge in [-0.25, -0.2) is 14.4 Å². The lowest BCUT2D eigenvalue weighted by Crippen LogP contribution is -2.03. The van der Waals surface area contributed by atoms with E-state index in [0.29, 0.717) is 5.82 Å². The molecule has 0 fully saturated rings. The molecule has 0 saturated heterocycles. The summed E-state index contributed by atoms with van der Waals surface area (Å²) in [5.74, 6) is -0.309. The maximum Gasteiger partial charge on any atom is 0.186 e. The molecule has 0 aliphatic heterocycles. The minimum absolute atomic E-state index is 0.136. The van der Waals surface area contributed by atoms with Gasteiger partial charge in [-0.3, -0.25) is 4.98 Å². The third kappa shape index (κ3) is 1.84. The molecule has 0 saturated carbocycles. The van der Waals surface area contributed by atoms with Crippen LogP contribution in [0.3, 0.4) is 0 Å². The minimum Gasteiger partial charge on any atom is -0.381 e. The molecule has 2 aromatic rings. The van der Waals surface area contributed by atoms with Gasteiger partial charge in [-0.1, -0.05) is 0 Å². The van der Waals surface area contributed by atoms with Gasteiger partial charge < -0.3 is 5.73 Å². The van der Waals surface area contributed by atoms with Gasteiger partial charge in [0, 0.05) is 17.5 Å². The van der Waals surface area contributed by atoms with Crippen LogP contribution in [-0.2, 0) is 0 Å². The lowest BCUT2D eigenvalue weighted by atomic mass is 10.2. The topological polar surface area (TPSA) is 64.7 Å². The van der Waals surface area contributed by atoms with E-state index in [1.807, 2.05) is 19.1 Å². The summed E-state index contributed by atoms with van der Waals surface area (Å²) >= 11 is 0. The van der Waals surface area contributed by atoms with Crippen molar-refractivity contribution in [3.05, 3.63) is 35.5 Å². The molecule has 2 rings (SSSR count). The Kier molecular flexibility index (Phi) is 2.52. The van der Waals surface area contributed by atoms with Gasteiger partial charge in [-0.05, 0) is 26.0 Å². The first-order valence-corrected chi connectivity index (χ1v) is 4.80. The fourth-order valence-corrected chi connectivity index (χ4v) is 1.31. The van der Waals surface area contributed by atoms with Crippen LogP contribution in [0.15, 0.2) is 18.3 Å². The normalized spacial score (nSPS) is 10.4. The second kappa shape index (κ2) is 3.84. The largest absolute Gasteiger partial charge is 0.381 e. The molecule has 0 radical (unpaired) electrons. The summed E-state index contributed by atoms with van der Waals surface area (Å²) in [4.78, 5) is 12.0. The van der Waals surface area contributed by atoms with Gasteiger partial charge >= 0.3 is 0 Å². The van der Waals surface area contributed by atoms with E-state index in [9.17, 15) is 4.39 Å². The molecule has 0 bridgehead atoms. The smallest absolute Gasteiger partial charge is 0.186 e. The zero-order valence-corrected chi connectivity index (χ0v) is 9.03.